The average molecular weight is 250 g/mol. The average Bonchev–Trinajstić information content (AvgIpc) is 2.38. The van der Waals surface area contributed by atoms with E-state index in [-0.39, 0.29) is 18.2 Å². The molecule has 0 unspecified atom stereocenters. The van der Waals surface area contributed by atoms with Gasteiger partial charge in [0.1, 0.15) is 0 Å². The Hall–Kier alpha value is -1.95. The number of hydrogen-bond acceptors (Lipinski definition) is 4. The lowest BCUT2D eigenvalue weighted by atomic mass is 10.2. The molecule has 0 bridgehead atoms. The molecule has 0 spiro atoms. The number of nitrogens with zero attached hydrogens (tertiary/aromatic N) is 2. The van der Waals surface area contributed by atoms with E-state index in [4.69, 9.17) is 5.73 Å². The van der Waals surface area contributed by atoms with Crippen LogP contribution in [0.5, 0.6) is 0 Å². The summed E-state index contributed by atoms with van der Waals surface area (Å²) < 4.78 is 0. The molecule has 0 aliphatic rings. The Morgan fingerprint density at radius 3 is 2.78 bits per heavy atom. The third kappa shape index (κ3) is 4.14. The molecule has 18 heavy (non-hydrogen) atoms. The highest BCUT2D eigenvalue weighted by atomic mass is 16.2. The molecular formula is C12H18N4O2. The first-order valence-electron chi connectivity index (χ1n) is 5.68. The van der Waals surface area contributed by atoms with Gasteiger partial charge in [-0.15, -0.1) is 0 Å². The molecule has 1 heterocycles. The number of nitrogens with one attached hydrogen (secondary N) is 1. The summed E-state index contributed by atoms with van der Waals surface area (Å²) in [7, 11) is 3.36. The summed E-state index contributed by atoms with van der Waals surface area (Å²) >= 11 is 0. The van der Waals surface area contributed by atoms with Crippen molar-refractivity contribution in [2.75, 3.05) is 20.6 Å². The van der Waals surface area contributed by atoms with Crippen molar-refractivity contribution in [2.24, 2.45) is 5.73 Å². The Labute approximate surface area is 106 Å². The van der Waals surface area contributed by atoms with Gasteiger partial charge in [0.25, 0.3) is 5.91 Å². The molecule has 0 radical (unpaired) electrons. The summed E-state index contributed by atoms with van der Waals surface area (Å²) in [6, 6.07) is 3.26. The predicted molar refractivity (Wildman–Crippen MR) is 67.8 cm³/mol. The fourth-order valence-electron chi connectivity index (χ4n) is 1.34. The molecule has 0 atom stereocenters. The Morgan fingerprint density at radius 2 is 2.17 bits per heavy atom. The van der Waals surface area contributed by atoms with Gasteiger partial charge in [0.05, 0.1) is 5.69 Å². The van der Waals surface area contributed by atoms with E-state index in [1.165, 1.54) is 4.90 Å². The van der Waals surface area contributed by atoms with E-state index in [0.717, 1.165) is 0 Å². The zero-order chi connectivity index (χ0) is 13.5. The van der Waals surface area contributed by atoms with Crippen molar-refractivity contribution in [3.8, 4) is 0 Å². The second-order valence-corrected chi connectivity index (χ2v) is 4.03. The molecule has 3 N–H and O–H groups in total. The van der Waals surface area contributed by atoms with E-state index in [9.17, 15) is 9.59 Å². The largest absolute Gasteiger partial charge is 0.352 e. The molecule has 0 saturated carbocycles. The third-order valence-corrected chi connectivity index (χ3v) is 2.41. The van der Waals surface area contributed by atoms with Crippen LogP contribution < -0.4 is 11.1 Å². The monoisotopic (exact) mass is 250 g/mol. The van der Waals surface area contributed by atoms with Crippen LogP contribution in [-0.2, 0) is 11.3 Å². The first-order valence-corrected chi connectivity index (χ1v) is 5.68. The quantitative estimate of drug-likeness (QED) is 0.754. The molecule has 0 aliphatic heterocycles. The maximum Gasteiger partial charge on any atom is 0.251 e. The van der Waals surface area contributed by atoms with Gasteiger partial charge in [0.2, 0.25) is 5.91 Å². The Bertz CT molecular complexity index is 432. The maximum atomic E-state index is 11.8. The number of carbonyl (C=O) groups excluding carboxylic acids is 2. The standard InChI is InChI=1S/C12H18N4O2/c1-16(2)11(17)4-6-15-12(18)9-3-5-14-10(7-9)8-13/h3,5,7H,4,6,8,13H2,1-2H3,(H,15,18). The molecule has 1 aromatic rings. The van der Waals surface area contributed by atoms with Crippen LogP contribution in [0.2, 0.25) is 0 Å². The van der Waals surface area contributed by atoms with Gasteiger partial charge in [0.15, 0.2) is 0 Å². The molecule has 0 aromatic carbocycles. The minimum Gasteiger partial charge on any atom is -0.352 e. The number of aromatic nitrogens is 1. The van der Waals surface area contributed by atoms with Crippen LogP contribution in [0.4, 0.5) is 0 Å². The minimum atomic E-state index is -0.223. The predicted octanol–water partition coefficient (Wildman–Crippen LogP) is -0.252. The molecule has 1 rings (SSSR count). The Kier molecular flexibility index (Phi) is 5.26. The van der Waals surface area contributed by atoms with Crippen LogP contribution >= 0.6 is 0 Å². The number of hydrogen-bond donors (Lipinski definition) is 2. The van der Waals surface area contributed by atoms with Crippen molar-refractivity contribution >= 4 is 11.8 Å². The first kappa shape index (κ1) is 14.1. The van der Waals surface area contributed by atoms with Gasteiger partial charge >= 0.3 is 0 Å². The van der Waals surface area contributed by atoms with Crippen LogP contribution in [0.3, 0.4) is 0 Å². The topological polar surface area (TPSA) is 88.3 Å². The van der Waals surface area contributed by atoms with Crippen molar-refractivity contribution in [3.63, 3.8) is 0 Å². The third-order valence-electron chi connectivity index (χ3n) is 2.41. The van der Waals surface area contributed by atoms with Crippen molar-refractivity contribution in [3.05, 3.63) is 29.6 Å². The smallest absolute Gasteiger partial charge is 0.251 e. The summed E-state index contributed by atoms with van der Waals surface area (Å²) in [5.41, 5.74) is 6.61. The van der Waals surface area contributed by atoms with E-state index in [1.807, 2.05) is 0 Å². The molecule has 0 aliphatic carbocycles. The van der Waals surface area contributed by atoms with Gasteiger partial charge in [-0.1, -0.05) is 0 Å². The Balaban J connectivity index is 2.48. The summed E-state index contributed by atoms with van der Waals surface area (Å²) in [5, 5.41) is 2.68. The second kappa shape index (κ2) is 6.70. The minimum absolute atomic E-state index is 0.0207. The molecule has 1 aromatic heterocycles. The van der Waals surface area contributed by atoms with Gasteiger partial charge in [-0.2, -0.15) is 0 Å². The normalized spacial score (nSPS) is 9.94. The molecule has 6 heteroatoms. The van der Waals surface area contributed by atoms with Crippen LogP contribution in [-0.4, -0.2) is 42.3 Å². The number of pyridine rings is 1. The van der Waals surface area contributed by atoms with Crippen LogP contribution in [0.1, 0.15) is 22.5 Å². The van der Waals surface area contributed by atoms with E-state index >= 15 is 0 Å². The number of rotatable bonds is 5. The zero-order valence-corrected chi connectivity index (χ0v) is 10.6. The highest BCUT2D eigenvalue weighted by Crippen LogP contribution is 2.01. The molecule has 2 amide bonds. The van der Waals surface area contributed by atoms with E-state index in [1.54, 1.807) is 32.4 Å². The summed E-state index contributed by atoms with van der Waals surface area (Å²) in [6.07, 6.45) is 1.83. The fourth-order valence-corrected chi connectivity index (χ4v) is 1.34. The number of nitrogens with two attached hydrogens (primary N) is 1. The molecule has 98 valence electrons. The van der Waals surface area contributed by atoms with E-state index in [0.29, 0.717) is 24.3 Å². The van der Waals surface area contributed by atoms with Crippen molar-refractivity contribution < 1.29 is 9.59 Å². The van der Waals surface area contributed by atoms with E-state index in [2.05, 4.69) is 10.3 Å². The SMILES string of the molecule is CN(C)C(=O)CCNC(=O)c1ccnc(CN)c1. The molecule has 6 nitrogen and oxygen atoms in total. The summed E-state index contributed by atoms with van der Waals surface area (Å²) in [6.45, 7) is 0.608. The van der Waals surface area contributed by atoms with Crippen molar-refractivity contribution in [1.82, 2.24) is 15.2 Å². The fraction of sp³-hybridized carbons (Fsp3) is 0.417. The zero-order valence-electron chi connectivity index (χ0n) is 10.6. The van der Waals surface area contributed by atoms with Gasteiger partial charge in [-0.25, -0.2) is 0 Å². The Morgan fingerprint density at radius 1 is 1.44 bits per heavy atom. The van der Waals surface area contributed by atoms with Gasteiger partial charge in [-0.3, -0.25) is 14.6 Å². The molecule has 0 fully saturated rings. The molecular weight excluding hydrogens is 232 g/mol. The first-order chi connectivity index (χ1) is 8.54. The number of carbonyl (C=O) groups is 2. The van der Waals surface area contributed by atoms with Crippen LogP contribution in [0, 0.1) is 0 Å². The van der Waals surface area contributed by atoms with Gasteiger partial charge in [-0.05, 0) is 12.1 Å². The van der Waals surface area contributed by atoms with Crippen LogP contribution in [0.15, 0.2) is 18.3 Å². The van der Waals surface area contributed by atoms with Crippen LogP contribution in [0.25, 0.3) is 0 Å². The lowest BCUT2D eigenvalue weighted by Crippen LogP contribution is -2.30. The second-order valence-electron chi connectivity index (χ2n) is 4.03. The van der Waals surface area contributed by atoms with E-state index < -0.39 is 0 Å². The summed E-state index contributed by atoms with van der Waals surface area (Å²) in [4.78, 5) is 28.6. The maximum absolute atomic E-state index is 11.8. The lowest BCUT2D eigenvalue weighted by Gasteiger charge is -2.10. The van der Waals surface area contributed by atoms with Gasteiger partial charge < -0.3 is 16.0 Å². The lowest BCUT2D eigenvalue weighted by molar-refractivity contribution is -0.128. The number of amides is 2. The summed E-state index contributed by atoms with van der Waals surface area (Å²) in [5.74, 6) is -0.244. The highest BCUT2D eigenvalue weighted by Gasteiger charge is 2.08. The van der Waals surface area contributed by atoms with Crippen molar-refractivity contribution in [2.45, 2.75) is 13.0 Å². The highest BCUT2D eigenvalue weighted by molar-refractivity contribution is 5.94. The van der Waals surface area contributed by atoms with Gasteiger partial charge in [0, 0.05) is 45.4 Å². The molecule has 0 saturated heterocycles. The van der Waals surface area contributed by atoms with Crippen molar-refractivity contribution in [1.29, 1.82) is 0 Å².